The molecule has 106 valence electrons. The van der Waals surface area contributed by atoms with E-state index in [0.717, 1.165) is 0 Å². The van der Waals surface area contributed by atoms with Gasteiger partial charge in [0, 0.05) is 5.02 Å². The van der Waals surface area contributed by atoms with Gasteiger partial charge >= 0.3 is 12.0 Å². The standard InChI is InChI=1S/C11H7Cl3N2O4/c12-4-1-5(13)9(6(14)2-4)20-8(17)3-7-10(18)16-11(19)15-7/h1-2,7H,3H2,(H2,15,16,18,19). The van der Waals surface area contributed by atoms with Crippen molar-refractivity contribution in [3.05, 3.63) is 27.2 Å². The molecule has 2 rings (SSSR count). The van der Waals surface area contributed by atoms with Crippen LogP contribution in [-0.2, 0) is 9.59 Å². The minimum absolute atomic E-state index is 0.0486. The lowest BCUT2D eigenvalue weighted by Gasteiger charge is -2.10. The van der Waals surface area contributed by atoms with Crippen LogP contribution in [-0.4, -0.2) is 23.9 Å². The molecule has 0 spiro atoms. The number of imide groups is 1. The molecule has 9 heteroatoms. The molecule has 1 aromatic carbocycles. The number of esters is 1. The van der Waals surface area contributed by atoms with Crippen molar-refractivity contribution in [2.75, 3.05) is 0 Å². The summed E-state index contributed by atoms with van der Waals surface area (Å²) < 4.78 is 4.98. The third kappa shape index (κ3) is 3.33. The van der Waals surface area contributed by atoms with Crippen molar-refractivity contribution in [2.24, 2.45) is 0 Å². The number of halogens is 3. The minimum atomic E-state index is -0.972. The van der Waals surface area contributed by atoms with Gasteiger partial charge < -0.3 is 10.1 Å². The smallest absolute Gasteiger partial charge is 0.322 e. The number of carbonyl (C=O) groups excluding carboxylic acids is 3. The van der Waals surface area contributed by atoms with Gasteiger partial charge in [-0.2, -0.15) is 0 Å². The first kappa shape index (κ1) is 14.9. The van der Waals surface area contributed by atoms with Gasteiger partial charge in [0.15, 0.2) is 5.75 Å². The second-order valence-electron chi connectivity index (χ2n) is 3.89. The number of amides is 3. The zero-order valence-electron chi connectivity index (χ0n) is 9.71. The molecule has 20 heavy (non-hydrogen) atoms. The van der Waals surface area contributed by atoms with E-state index in [1.165, 1.54) is 12.1 Å². The van der Waals surface area contributed by atoms with E-state index in [1.54, 1.807) is 0 Å². The van der Waals surface area contributed by atoms with Gasteiger partial charge in [-0.05, 0) is 12.1 Å². The Morgan fingerprint density at radius 1 is 1.20 bits per heavy atom. The Morgan fingerprint density at radius 2 is 1.80 bits per heavy atom. The number of hydrogen-bond donors (Lipinski definition) is 2. The summed E-state index contributed by atoms with van der Waals surface area (Å²) >= 11 is 17.4. The first-order valence-electron chi connectivity index (χ1n) is 5.33. The maximum Gasteiger partial charge on any atom is 0.322 e. The summed E-state index contributed by atoms with van der Waals surface area (Å²) in [5, 5.41) is 4.70. The fraction of sp³-hybridized carbons (Fsp3) is 0.182. The molecule has 2 N–H and O–H groups in total. The molecule has 3 amide bonds. The van der Waals surface area contributed by atoms with E-state index in [-0.39, 0.29) is 22.2 Å². The zero-order chi connectivity index (χ0) is 14.9. The van der Waals surface area contributed by atoms with Crippen molar-refractivity contribution in [1.29, 1.82) is 0 Å². The second kappa shape index (κ2) is 5.87. The molecule has 1 aliphatic rings. The van der Waals surface area contributed by atoms with Crippen molar-refractivity contribution in [1.82, 2.24) is 10.6 Å². The summed E-state index contributed by atoms with van der Waals surface area (Å²) in [4.78, 5) is 33.9. The molecule has 0 saturated carbocycles. The SMILES string of the molecule is O=C1NC(=O)C(CC(=O)Oc2c(Cl)cc(Cl)cc2Cl)N1. The average Bonchev–Trinajstić information content (AvgIpc) is 2.62. The molecule has 1 saturated heterocycles. The molecule has 0 bridgehead atoms. The van der Waals surface area contributed by atoms with Crippen molar-refractivity contribution < 1.29 is 19.1 Å². The van der Waals surface area contributed by atoms with Gasteiger partial charge in [-0.15, -0.1) is 0 Å². The van der Waals surface area contributed by atoms with Gasteiger partial charge in [0.05, 0.1) is 16.5 Å². The molecule has 1 atom stereocenters. The summed E-state index contributed by atoms with van der Waals surface area (Å²) in [5.41, 5.74) is 0. The van der Waals surface area contributed by atoms with E-state index in [0.29, 0.717) is 5.02 Å². The van der Waals surface area contributed by atoms with Crippen molar-refractivity contribution in [3.63, 3.8) is 0 Å². The predicted molar refractivity (Wildman–Crippen MR) is 72.2 cm³/mol. The molecule has 1 aromatic rings. The van der Waals surface area contributed by atoms with Crippen LogP contribution in [0.25, 0.3) is 0 Å². The van der Waals surface area contributed by atoms with Crippen LogP contribution in [0.15, 0.2) is 12.1 Å². The number of urea groups is 1. The van der Waals surface area contributed by atoms with Gasteiger partial charge in [0.1, 0.15) is 6.04 Å². The zero-order valence-corrected chi connectivity index (χ0v) is 12.0. The van der Waals surface area contributed by atoms with Gasteiger partial charge in [0.2, 0.25) is 0 Å². The minimum Gasteiger partial charge on any atom is -0.423 e. The normalized spacial score (nSPS) is 17.6. The van der Waals surface area contributed by atoms with Crippen molar-refractivity contribution >= 4 is 52.7 Å². The monoisotopic (exact) mass is 336 g/mol. The van der Waals surface area contributed by atoms with Crippen LogP contribution in [0.2, 0.25) is 15.1 Å². The Balaban J connectivity index is 2.05. The number of rotatable bonds is 3. The maximum absolute atomic E-state index is 11.7. The van der Waals surface area contributed by atoms with Crippen LogP contribution in [0.5, 0.6) is 5.75 Å². The molecule has 6 nitrogen and oxygen atoms in total. The lowest BCUT2D eigenvalue weighted by Crippen LogP contribution is -2.32. The fourth-order valence-corrected chi connectivity index (χ4v) is 2.45. The number of nitrogens with one attached hydrogen (secondary N) is 2. The molecular weight excluding hydrogens is 330 g/mol. The van der Waals surface area contributed by atoms with Gasteiger partial charge in [0.25, 0.3) is 5.91 Å². The molecule has 0 aromatic heterocycles. The summed E-state index contributed by atoms with van der Waals surface area (Å²) in [6, 6.07) is 1.10. The fourth-order valence-electron chi connectivity index (χ4n) is 1.55. The summed E-state index contributed by atoms with van der Waals surface area (Å²) in [7, 11) is 0. The third-order valence-electron chi connectivity index (χ3n) is 2.41. The molecule has 1 heterocycles. The van der Waals surface area contributed by atoms with Crippen LogP contribution in [0, 0.1) is 0 Å². The number of benzene rings is 1. The summed E-state index contributed by atoms with van der Waals surface area (Å²) in [5.74, 6) is -1.41. The lowest BCUT2D eigenvalue weighted by molar-refractivity contribution is -0.136. The van der Waals surface area contributed by atoms with E-state index >= 15 is 0 Å². The van der Waals surface area contributed by atoms with E-state index < -0.39 is 23.9 Å². The first-order valence-corrected chi connectivity index (χ1v) is 6.47. The number of carbonyl (C=O) groups is 3. The van der Waals surface area contributed by atoms with Crippen molar-refractivity contribution in [3.8, 4) is 5.75 Å². The Bertz CT molecular complexity index is 582. The summed E-state index contributed by atoms with van der Waals surface area (Å²) in [6.45, 7) is 0. The lowest BCUT2D eigenvalue weighted by atomic mass is 10.2. The first-order chi connectivity index (χ1) is 9.36. The summed E-state index contributed by atoms with van der Waals surface area (Å²) in [6.07, 6.45) is -0.340. The topological polar surface area (TPSA) is 84.5 Å². The highest BCUT2D eigenvalue weighted by atomic mass is 35.5. The van der Waals surface area contributed by atoms with Crippen LogP contribution in [0.4, 0.5) is 4.79 Å². The highest BCUT2D eigenvalue weighted by Gasteiger charge is 2.32. The van der Waals surface area contributed by atoms with E-state index in [4.69, 9.17) is 39.5 Å². The second-order valence-corrected chi connectivity index (χ2v) is 5.14. The quantitative estimate of drug-likeness (QED) is 0.503. The van der Waals surface area contributed by atoms with Gasteiger partial charge in [-0.25, -0.2) is 4.79 Å². The molecule has 1 unspecified atom stereocenters. The van der Waals surface area contributed by atoms with Crippen LogP contribution >= 0.6 is 34.8 Å². The maximum atomic E-state index is 11.7. The van der Waals surface area contributed by atoms with Crippen molar-refractivity contribution in [2.45, 2.75) is 12.5 Å². The molecule has 0 aliphatic carbocycles. The Morgan fingerprint density at radius 3 is 2.30 bits per heavy atom. The van der Waals surface area contributed by atoms with E-state index in [9.17, 15) is 14.4 Å². The molecular formula is C11H7Cl3N2O4. The van der Waals surface area contributed by atoms with Crippen LogP contribution in [0.1, 0.15) is 6.42 Å². The van der Waals surface area contributed by atoms with E-state index in [1.807, 2.05) is 5.32 Å². The number of ether oxygens (including phenoxy) is 1. The van der Waals surface area contributed by atoms with Gasteiger partial charge in [-0.1, -0.05) is 34.8 Å². The highest BCUT2D eigenvalue weighted by molar-refractivity contribution is 6.40. The van der Waals surface area contributed by atoms with E-state index in [2.05, 4.69) is 5.32 Å². The Kier molecular flexibility index (Phi) is 4.37. The Labute approximate surface area is 128 Å². The largest absolute Gasteiger partial charge is 0.423 e. The number of hydrogen-bond acceptors (Lipinski definition) is 4. The Hall–Kier alpha value is -1.50. The third-order valence-corrected chi connectivity index (χ3v) is 3.19. The average molecular weight is 338 g/mol. The highest BCUT2D eigenvalue weighted by Crippen LogP contribution is 2.36. The van der Waals surface area contributed by atoms with Crippen LogP contribution < -0.4 is 15.4 Å². The van der Waals surface area contributed by atoms with Crippen LogP contribution in [0.3, 0.4) is 0 Å². The molecule has 0 radical (unpaired) electrons. The molecule has 1 aliphatic heterocycles. The van der Waals surface area contributed by atoms with Gasteiger partial charge in [-0.3, -0.25) is 14.9 Å². The molecule has 1 fully saturated rings. The predicted octanol–water partition coefficient (Wildman–Crippen LogP) is 2.15.